The van der Waals surface area contributed by atoms with Crippen molar-refractivity contribution in [3.63, 3.8) is 0 Å². The summed E-state index contributed by atoms with van der Waals surface area (Å²) in [6, 6.07) is 5.98. The highest BCUT2D eigenvalue weighted by Gasteiger charge is 2.19. The highest BCUT2D eigenvalue weighted by atomic mass is 16.5. The number of oxazole rings is 1. The van der Waals surface area contributed by atoms with Crippen LogP contribution in [0.25, 0.3) is 22.4 Å². The molecule has 0 aliphatic heterocycles. The number of rotatable bonds is 7. The first-order valence-corrected chi connectivity index (χ1v) is 8.23. The molecule has 2 N–H and O–H groups in total. The van der Waals surface area contributed by atoms with Gasteiger partial charge in [-0.05, 0) is 30.5 Å². The second kappa shape index (κ2) is 7.15. The Balaban J connectivity index is 2.07. The molecular formula is C18H24N4O2. The van der Waals surface area contributed by atoms with Crippen molar-refractivity contribution in [2.24, 2.45) is 11.7 Å². The van der Waals surface area contributed by atoms with Gasteiger partial charge in [-0.3, -0.25) is 0 Å². The molecule has 2 heterocycles. The fraction of sp³-hybridized carbons (Fsp3) is 0.444. The van der Waals surface area contributed by atoms with Gasteiger partial charge in [0.05, 0.1) is 29.9 Å². The smallest absolute Gasteiger partial charge is 0.181 e. The Morgan fingerprint density at radius 3 is 2.83 bits per heavy atom. The van der Waals surface area contributed by atoms with Crippen LogP contribution < -0.4 is 5.73 Å². The predicted octanol–water partition coefficient (Wildman–Crippen LogP) is 3.38. The van der Waals surface area contributed by atoms with Crippen molar-refractivity contribution in [1.29, 1.82) is 0 Å². The number of nitrogens with zero attached hydrogens (tertiary/aromatic N) is 3. The standard InChI is InChI=1S/C18H24N4O2/c1-12(2)8-14(19)18-21-15-5-4-13(17-10-20-11-24-17)9-16(15)22(18)6-7-23-3/h4-5,9-12,14H,6-8,19H2,1-3H3/t14-/m1/s1. The van der Waals surface area contributed by atoms with Gasteiger partial charge in [-0.2, -0.15) is 0 Å². The van der Waals surface area contributed by atoms with Crippen LogP contribution in [0.3, 0.4) is 0 Å². The lowest BCUT2D eigenvalue weighted by Gasteiger charge is -2.16. The number of hydrogen-bond acceptors (Lipinski definition) is 5. The van der Waals surface area contributed by atoms with Gasteiger partial charge in [0.2, 0.25) is 0 Å². The quantitative estimate of drug-likeness (QED) is 0.719. The van der Waals surface area contributed by atoms with Gasteiger partial charge >= 0.3 is 0 Å². The molecule has 2 aromatic heterocycles. The van der Waals surface area contributed by atoms with Gasteiger partial charge in [0, 0.05) is 19.2 Å². The lowest BCUT2D eigenvalue weighted by atomic mass is 10.0. The van der Waals surface area contributed by atoms with Crippen LogP contribution in [-0.2, 0) is 11.3 Å². The lowest BCUT2D eigenvalue weighted by molar-refractivity contribution is 0.186. The molecule has 0 radical (unpaired) electrons. The third-order valence-electron chi connectivity index (χ3n) is 4.07. The van der Waals surface area contributed by atoms with Gasteiger partial charge in [-0.1, -0.05) is 13.8 Å². The summed E-state index contributed by atoms with van der Waals surface area (Å²) in [5.41, 5.74) is 9.36. The summed E-state index contributed by atoms with van der Waals surface area (Å²) in [7, 11) is 1.70. The molecule has 128 valence electrons. The highest BCUT2D eigenvalue weighted by molar-refractivity contribution is 5.81. The van der Waals surface area contributed by atoms with E-state index in [9.17, 15) is 0 Å². The molecule has 6 heteroatoms. The third kappa shape index (κ3) is 3.34. The Morgan fingerprint density at radius 2 is 2.17 bits per heavy atom. The zero-order chi connectivity index (χ0) is 17.1. The summed E-state index contributed by atoms with van der Waals surface area (Å²) < 4.78 is 12.8. The maximum atomic E-state index is 6.41. The number of hydrogen-bond donors (Lipinski definition) is 1. The summed E-state index contributed by atoms with van der Waals surface area (Å²) >= 11 is 0. The monoisotopic (exact) mass is 328 g/mol. The van der Waals surface area contributed by atoms with Crippen LogP contribution in [0.5, 0.6) is 0 Å². The molecule has 24 heavy (non-hydrogen) atoms. The predicted molar refractivity (Wildman–Crippen MR) is 93.5 cm³/mol. The highest BCUT2D eigenvalue weighted by Crippen LogP contribution is 2.28. The van der Waals surface area contributed by atoms with Crippen molar-refractivity contribution in [3.05, 3.63) is 36.6 Å². The molecule has 1 aromatic carbocycles. The number of benzene rings is 1. The topological polar surface area (TPSA) is 79.1 Å². The third-order valence-corrected chi connectivity index (χ3v) is 4.07. The minimum Gasteiger partial charge on any atom is -0.444 e. The summed E-state index contributed by atoms with van der Waals surface area (Å²) in [6.07, 6.45) is 4.04. The van der Waals surface area contributed by atoms with Crippen LogP contribution in [0.4, 0.5) is 0 Å². The molecule has 0 unspecified atom stereocenters. The molecule has 3 aromatic rings. The molecular weight excluding hydrogens is 304 g/mol. The van der Waals surface area contributed by atoms with E-state index in [2.05, 4.69) is 29.5 Å². The van der Waals surface area contributed by atoms with Gasteiger partial charge in [0.1, 0.15) is 5.82 Å². The van der Waals surface area contributed by atoms with Gasteiger partial charge in [-0.25, -0.2) is 9.97 Å². The van der Waals surface area contributed by atoms with Crippen LogP contribution >= 0.6 is 0 Å². The van der Waals surface area contributed by atoms with E-state index in [4.69, 9.17) is 19.9 Å². The van der Waals surface area contributed by atoms with Crippen LogP contribution in [-0.4, -0.2) is 28.3 Å². The molecule has 0 spiro atoms. The van der Waals surface area contributed by atoms with E-state index in [1.165, 1.54) is 6.39 Å². The summed E-state index contributed by atoms with van der Waals surface area (Å²) in [4.78, 5) is 8.76. The van der Waals surface area contributed by atoms with Crippen LogP contribution in [0, 0.1) is 5.92 Å². The van der Waals surface area contributed by atoms with Crippen molar-refractivity contribution < 1.29 is 9.15 Å². The fourth-order valence-electron chi connectivity index (χ4n) is 2.97. The maximum absolute atomic E-state index is 6.41. The van der Waals surface area contributed by atoms with Gasteiger partial charge in [0.15, 0.2) is 12.2 Å². The van der Waals surface area contributed by atoms with E-state index >= 15 is 0 Å². The van der Waals surface area contributed by atoms with Crippen molar-refractivity contribution in [1.82, 2.24) is 14.5 Å². The van der Waals surface area contributed by atoms with Crippen molar-refractivity contribution in [2.45, 2.75) is 32.9 Å². The van der Waals surface area contributed by atoms with Crippen LogP contribution in [0.1, 0.15) is 32.1 Å². The first-order chi connectivity index (χ1) is 11.6. The molecule has 0 saturated carbocycles. The Bertz CT molecular complexity index is 793. The first kappa shape index (κ1) is 16.7. The largest absolute Gasteiger partial charge is 0.444 e. The number of fused-ring (bicyclic) bond motifs is 1. The van der Waals surface area contributed by atoms with E-state index in [1.807, 2.05) is 12.1 Å². The number of nitrogens with two attached hydrogens (primary N) is 1. The van der Waals surface area contributed by atoms with E-state index < -0.39 is 0 Å². The van der Waals surface area contributed by atoms with E-state index in [-0.39, 0.29) is 6.04 Å². The normalized spacial score (nSPS) is 13.0. The first-order valence-electron chi connectivity index (χ1n) is 8.23. The Morgan fingerprint density at radius 1 is 1.33 bits per heavy atom. The molecule has 0 fully saturated rings. The number of ether oxygens (including phenoxy) is 1. The van der Waals surface area contributed by atoms with Gasteiger partial charge < -0.3 is 19.5 Å². The molecule has 0 aliphatic rings. The molecule has 6 nitrogen and oxygen atoms in total. The lowest BCUT2D eigenvalue weighted by Crippen LogP contribution is -2.19. The Kier molecular flexibility index (Phi) is 4.97. The summed E-state index contributed by atoms with van der Waals surface area (Å²) in [5.74, 6) is 2.16. The number of imidazole rings is 1. The molecule has 1 atom stereocenters. The number of methoxy groups -OCH3 is 1. The maximum Gasteiger partial charge on any atom is 0.181 e. The van der Waals surface area contributed by atoms with Gasteiger partial charge in [-0.15, -0.1) is 0 Å². The molecule has 0 bridgehead atoms. The second-order valence-electron chi connectivity index (χ2n) is 6.42. The summed E-state index contributed by atoms with van der Waals surface area (Å²) in [6.45, 7) is 5.67. The van der Waals surface area contributed by atoms with E-state index in [1.54, 1.807) is 13.3 Å². The molecule has 0 aliphatic carbocycles. The van der Waals surface area contributed by atoms with Crippen molar-refractivity contribution in [3.8, 4) is 11.3 Å². The zero-order valence-corrected chi connectivity index (χ0v) is 14.4. The second-order valence-corrected chi connectivity index (χ2v) is 6.42. The average molecular weight is 328 g/mol. The SMILES string of the molecule is COCCn1c([C@H](N)CC(C)C)nc2ccc(-c3cnco3)cc21. The van der Waals surface area contributed by atoms with Crippen molar-refractivity contribution >= 4 is 11.0 Å². The molecule has 0 amide bonds. The van der Waals surface area contributed by atoms with Crippen molar-refractivity contribution in [2.75, 3.05) is 13.7 Å². The molecule has 0 saturated heterocycles. The Hall–Kier alpha value is -2.18. The van der Waals surface area contributed by atoms with Crippen LogP contribution in [0.2, 0.25) is 0 Å². The Labute approximate surface area is 141 Å². The molecule has 3 rings (SSSR count). The van der Waals surface area contributed by atoms with Crippen LogP contribution in [0.15, 0.2) is 35.2 Å². The average Bonchev–Trinajstić information content (AvgIpc) is 3.19. The zero-order valence-electron chi connectivity index (χ0n) is 14.4. The minimum atomic E-state index is -0.0945. The number of aromatic nitrogens is 3. The van der Waals surface area contributed by atoms with E-state index in [0.29, 0.717) is 19.1 Å². The summed E-state index contributed by atoms with van der Waals surface area (Å²) in [5, 5.41) is 0. The van der Waals surface area contributed by atoms with E-state index in [0.717, 1.165) is 34.6 Å². The fourth-order valence-corrected chi connectivity index (χ4v) is 2.97. The minimum absolute atomic E-state index is 0.0945. The van der Waals surface area contributed by atoms with Gasteiger partial charge in [0.25, 0.3) is 0 Å².